The molecule has 1 aliphatic carbocycles. The Morgan fingerprint density at radius 3 is 2.89 bits per heavy atom. The molecular weight excluding hydrogens is 234 g/mol. The minimum absolute atomic E-state index is 0.721. The van der Waals surface area contributed by atoms with Crippen LogP contribution in [0.4, 0.5) is 0 Å². The van der Waals surface area contributed by atoms with Gasteiger partial charge in [0.05, 0.1) is 11.0 Å². The Labute approximate surface area is 114 Å². The van der Waals surface area contributed by atoms with Gasteiger partial charge in [0, 0.05) is 12.5 Å². The molecule has 1 aromatic heterocycles. The lowest BCUT2D eigenvalue weighted by molar-refractivity contribution is 0.367. The predicted octanol–water partition coefficient (Wildman–Crippen LogP) is 2.91. The molecular formula is C16H21N3. The van der Waals surface area contributed by atoms with Crippen molar-refractivity contribution in [2.45, 2.75) is 38.1 Å². The lowest BCUT2D eigenvalue weighted by atomic mass is 9.96. The summed E-state index contributed by atoms with van der Waals surface area (Å²) in [6.45, 7) is 2.35. The SMILES string of the molecule is c1ccc2c(c1)nc(CC1CCCNC1)n2C1CC1. The number of para-hydroxylation sites is 2. The number of nitrogens with one attached hydrogen (secondary N) is 1. The van der Waals surface area contributed by atoms with Gasteiger partial charge in [-0.15, -0.1) is 0 Å². The van der Waals surface area contributed by atoms with E-state index in [1.807, 2.05) is 0 Å². The van der Waals surface area contributed by atoms with Crippen molar-refractivity contribution in [3.8, 4) is 0 Å². The molecule has 1 saturated carbocycles. The van der Waals surface area contributed by atoms with Gasteiger partial charge in [-0.25, -0.2) is 4.98 Å². The molecule has 19 heavy (non-hydrogen) atoms. The van der Waals surface area contributed by atoms with E-state index < -0.39 is 0 Å². The van der Waals surface area contributed by atoms with Crippen LogP contribution >= 0.6 is 0 Å². The second kappa shape index (κ2) is 4.64. The van der Waals surface area contributed by atoms with Gasteiger partial charge in [0.15, 0.2) is 0 Å². The third kappa shape index (κ3) is 2.16. The lowest BCUT2D eigenvalue weighted by Gasteiger charge is -2.22. The summed E-state index contributed by atoms with van der Waals surface area (Å²) in [6, 6.07) is 9.33. The van der Waals surface area contributed by atoms with Gasteiger partial charge in [0.2, 0.25) is 0 Å². The Balaban J connectivity index is 1.69. The first-order chi connectivity index (χ1) is 9.42. The molecule has 2 heterocycles. The first-order valence-electron chi connectivity index (χ1n) is 7.58. The molecule has 100 valence electrons. The maximum Gasteiger partial charge on any atom is 0.110 e. The molecule has 1 aromatic carbocycles. The number of fused-ring (bicyclic) bond motifs is 1. The van der Waals surface area contributed by atoms with Crippen molar-refractivity contribution in [1.29, 1.82) is 0 Å². The molecule has 2 aliphatic rings. The van der Waals surface area contributed by atoms with Crippen molar-refractivity contribution in [3.63, 3.8) is 0 Å². The summed E-state index contributed by atoms with van der Waals surface area (Å²) in [7, 11) is 0. The minimum atomic E-state index is 0.721. The maximum absolute atomic E-state index is 4.90. The molecule has 3 heteroatoms. The maximum atomic E-state index is 4.90. The summed E-state index contributed by atoms with van der Waals surface area (Å²) in [5.41, 5.74) is 2.51. The Kier molecular flexibility index (Phi) is 2.80. The van der Waals surface area contributed by atoms with E-state index in [4.69, 9.17) is 4.98 Å². The van der Waals surface area contributed by atoms with E-state index in [0.29, 0.717) is 0 Å². The van der Waals surface area contributed by atoms with Gasteiger partial charge in [-0.2, -0.15) is 0 Å². The van der Waals surface area contributed by atoms with Crippen LogP contribution in [0.1, 0.15) is 37.5 Å². The molecule has 0 radical (unpaired) electrons. The third-order valence-corrected chi connectivity index (χ3v) is 4.45. The lowest BCUT2D eigenvalue weighted by Crippen LogP contribution is -2.31. The van der Waals surface area contributed by atoms with Crippen molar-refractivity contribution in [1.82, 2.24) is 14.9 Å². The molecule has 2 aromatic rings. The summed E-state index contributed by atoms with van der Waals surface area (Å²) in [5.74, 6) is 2.08. The second-order valence-corrected chi connectivity index (χ2v) is 6.03. The van der Waals surface area contributed by atoms with E-state index in [-0.39, 0.29) is 0 Å². The third-order valence-electron chi connectivity index (χ3n) is 4.45. The summed E-state index contributed by atoms with van der Waals surface area (Å²) in [5, 5.41) is 3.52. The molecule has 0 amide bonds. The van der Waals surface area contributed by atoms with Crippen LogP contribution in [-0.2, 0) is 6.42 Å². The van der Waals surface area contributed by atoms with Crippen LogP contribution in [0.5, 0.6) is 0 Å². The first kappa shape index (κ1) is 11.5. The fraction of sp³-hybridized carbons (Fsp3) is 0.562. The van der Waals surface area contributed by atoms with Crippen LogP contribution in [0, 0.1) is 5.92 Å². The number of hydrogen-bond donors (Lipinski definition) is 1. The largest absolute Gasteiger partial charge is 0.325 e. The Morgan fingerprint density at radius 1 is 1.21 bits per heavy atom. The fourth-order valence-electron chi connectivity index (χ4n) is 3.33. The Hall–Kier alpha value is -1.35. The molecule has 3 nitrogen and oxygen atoms in total. The zero-order valence-corrected chi connectivity index (χ0v) is 11.3. The van der Waals surface area contributed by atoms with Gasteiger partial charge in [-0.1, -0.05) is 12.1 Å². The second-order valence-electron chi connectivity index (χ2n) is 6.03. The molecule has 1 N–H and O–H groups in total. The van der Waals surface area contributed by atoms with Gasteiger partial charge in [-0.3, -0.25) is 0 Å². The van der Waals surface area contributed by atoms with Crippen molar-refractivity contribution < 1.29 is 0 Å². The zero-order valence-electron chi connectivity index (χ0n) is 11.3. The summed E-state index contributed by atoms with van der Waals surface area (Å²) < 4.78 is 2.52. The Morgan fingerprint density at radius 2 is 2.11 bits per heavy atom. The summed E-state index contributed by atoms with van der Waals surface area (Å²) in [6.07, 6.45) is 6.46. The van der Waals surface area contributed by atoms with Gasteiger partial charge in [0.25, 0.3) is 0 Å². The highest BCUT2D eigenvalue weighted by Crippen LogP contribution is 2.39. The first-order valence-corrected chi connectivity index (χ1v) is 7.58. The van der Waals surface area contributed by atoms with E-state index in [1.165, 1.54) is 49.1 Å². The van der Waals surface area contributed by atoms with Crippen LogP contribution < -0.4 is 5.32 Å². The number of nitrogens with zero attached hydrogens (tertiary/aromatic N) is 2. The van der Waals surface area contributed by atoms with Crippen molar-refractivity contribution in [2.24, 2.45) is 5.92 Å². The number of aromatic nitrogens is 2. The van der Waals surface area contributed by atoms with Crippen molar-refractivity contribution in [2.75, 3.05) is 13.1 Å². The fourth-order valence-corrected chi connectivity index (χ4v) is 3.33. The highest BCUT2D eigenvalue weighted by molar-refractivity contribution is 5.76. The molecule has 1 saturated heterocycles. The van der Waals surface area contributed by atoms with E-state index in [0.717, 1.165) is 24.9 Å². The molecule has 1 aliphatic heterocycles. The zero-order chi connectivity index (χ0) is 12.7. The monoisotopic (exact) mass is 255 g/mol. The standard InChI is InChI=1S/C16H21N3/c1-2-6-15-14(5-1)18-16(19(15)13-7-8-13)10-12-4-3-9-17-11-12/h1-2,5-6,12-13,17H,3-4,7-11H2. The Bertz CT molecular complexity index is 577. The van der Waals surface area contributed by atoms with Gasteiger partial charge in [-0.05, 0) is 56.8 Å². The number of rotatable bonds is 3. The van der Waals surface area contributed by atoms with Crippen molar-refractivity contribution in [3.05, 3.63) is 30.1 Å². The van der Waals surface area contributed by atoms with E-state index in [2.05, 4.69) is 34.1 Å². The van der Waals surface area contributed by atoms with Crippen LogP contribution in [0.3, 0.4) is 0 Å². The molecule has 1 atom stereocenters. The van der Waals surface area contributed by atoms with Crippen LogP contribution in [0.15, 0.2) is 24.3 Å². The van der Waals surface area contributed by atoms with E-state index >= 15 is 0 Å². The van der Waals surface area contributed by atoms with E-state index in [1.54, 1.807) is 0 Å². The average Bonchev–Trinajstić information content (AvgIpc) is 3.21. The molecule has 4 rings (SSSR count). The summed E-state index contributed by atoms with van der Waals surface area (Å²) >= 11 is 0. The predicted molar refractivity (Wildman–Crippen MR) is 77.3 cm³/mol. The van der Waals surface area contributed by atoms with Crippen LogP contribution in [0.2, 0.25) is 0 Å². The topological polar surface area (TPSA) is 29.9 Å². The van der Waals surface area contributed by atoms with E-state index in [9.17, 15) is 0 Å². The molecule has 2 fully saturated rings. The molecule has 0 spiro atoms. The van der Waals surface area contributed by atoms with Gasteiger partial charge in [0.1, 0.15) is 5.82 Å². The smallest absolute Gasteiger partial charge is 0.110 e. The normalized spacial score (nSPS) is 23.9. The number of benzene rings is 1. The highest BCUT2D eigenvalue weighted by atomic mass is 15.1. The molecule has 1 unspecified atom stereocenters. The highest BCUT2D eigenvalue weighted by Gasteiger charge is 2.29. The average molecular weight is 255 g/mol. The number of piperidine rings is 1. The van der Waals surface area contributed by atoms with Crippen LogP contribution in [0.25, 0.3) is 11.0 Å². The van der Waals surface area contributed by atoms with Gasteiger partial charge >= 0.3 is 0 Å². The summed E-state index contributed by atoms with van der Waals surface area (Å²) in [4.78, 5) is 4.90. The quantitative estimate of drug-likeness (QED) is 0.914. The number of hydrogen-bond acceptors (Lipinski definition) is 2. The minimum Gasteiger partial charge on any atom is -0.325 e. The molecule has 0 bridgehead atoms. The number of imidazole rings is 1. The van der Waals surface area contributed by atoms with Gasteiger partial charge < -0.3 is 9.88 Å². The van der Waals surface area contributed by atoms with Crippen molar-refractivity contribution >= 4 is 11.0 Å². The van der Waals surface area contributed by atoms with Crippen LogP contribution in [-0.4, -0.2) is 22.6 Å².